The van der Waals surface area contributed by atoms with Crippen molar-refractivity contribution in [1.82, 2.24) is 10.2 Å². The predicted octanol–water partition coefficient (Wildman–Crippen LogP) is 4.96. The molecule has 0 saturated carbocycles. The number of rotatable bonds is 7. The molecule has 0 atom stereocenters. The lowest BCUT2D eigenvalue weighted by Crippen LogP contribution is -2.23. The van der Waals surface area contributed by atoms with E-state index in [1.165, 1.54) is 31.1 Å². The normalized spacial score (nSPS) is 11.8. The van der Waals surface area contributed by atoms with Crippen molar-refractivity contribution in [2.24, 2.45) is 5.41 Å². The van der Waals surface area contributed by atoms with Crippen molar-refractivity contribution >= 4 is 16.6 Å². The number of unbranched alkanes of at least 4 members (excludes halogenated alkanes) is 2. The second kappa shape index (κ2) is 6.88. The van der Waals surface area contributed by atoms with Gasteiger partial charge in [-0.05, 0) is 18.8 Å². The third-order valence-electron chi connectivity index (χ3n) is 4.06. The SMILES string of the molecule is CCCCCC(C)(C)CNc1nnc(C)c2ccccc12. The van der Waals surface area contributed by atoms with E-state index in [0.29, 0.717) is 0 Å². The fourth-order valence-corrected chi connectivity index (χ4v) is 2.63. The van der Waals surface area contributed by atoms with Crippen LogP contribution in [0.1, 0.15) is 52.1 Å². The molecule has 0 aliphatic rings. The summed E-state index contributed by atoms with van der Waals surface area (Å²) in [5, 5.41) is 14.5. The third-order valence-corrected chi connectivity index (χ3v) is 4.06. The zero-order valence-electron chi connectivity index (χ0n) is 13.7. The molecule has 3 heteroatoms. The number of hydrogen-bond acceptors (Lipinski definition) is 3. The Hall–Kier alpha value is -1.64. The second-order valence-electron chi connectivity index (χ2n) is 6.65. The molecule has 2 rings (SSSR count). The molecule has 3 nitrogen and oxygen atoms in total. The Morgan fingerprint density at radius 2 is 1.76 bits per heavy atom. The van der Waals surface area contributed by atoms with E-state index in [1.807, 2.05) is 6.92 Å². The van der Waals surface area contributed by atoms with Crippen LogP contribution in [-0.2, 0) is 0 Å². The molecule has 0 bridgehead atoms. The van der Waals surface area contributed by atoms with Gasteiger partial charge in [0.05, 0.1) is 5.69 Å². The highest BCUT2D eigenvalue weighted by Crippen LogP contribution is 2.27. The average Bonchev–Trinajstić information content (AvgIpc) is 2.47. The molecule has 0 aliphatic heterocycles. The molecule has 2 aromatic rings. The first-order chi connectivity index (χ1) is 10.0. The van der Waals surface area contributed by atoms with Crippen LogP contribution in [0.25, 0.3) is 10.8 Å². The molecule has 1 heterocycles. The highest BCUT2D eigenvalue weighted by Gasteiger charge is 2.18. The van der Waals surface area contributed by atoms with E-state index in [4.69, 9.17) is 0 Å². The van der Waals surface area contributed by atoms with Gasteiger partial charge in [-0.1, -0.05) is 64.3 Å². The van der Waals surface area contributed by atoms with Crippen LogP contribution in [0.3, 0.4) is 0 Å². The monoisotopic (exact) mass is 285 g/mol. The maximum Gasteiger partial charge on any atom is 0.156 e. The van der Waals surface area contributed by atoms with Gasteiger partial charge in [-0.3, -0.25) is 0 Å². The molecule has 0 radical (unpaired) electrons. The molecule has 0 unspecified atom stereocenters. The van der Waals surface area contributed by atoms with Gasteiger partial charge in [0.2, 0.25) is 0 Å². The summed E-state index contributed by atoms with van der Waals surface area (Å²) in [5.41, 5.74) is 1.27. The maximum absolute atomic E-state index is 4.34. The van der Waals surface area contributed by atoms with Crippen molar-refractivity contribution in [3.05, 3.63) is 30.0 Å². The van der Waals surface area contributed by atoms with Crippen LogP contribution in [0.15, 0.2) is 24.3 Å². The minimum Gasteiger partial charge on any atom is -0.368 e. The number of anilines is 1. The Morgan fingerprint density at radius 3 is 2.48 bits per heavy atom. The van der Waals surface area contributed by atoms with Gasteiger partial charge < -0.3 is 5.32 Å². The van der Waals surface area contributed by atoms with Gasteiger partial charge in [-0.2, -0.15) is 5.10 Å². The van der Waals surface area contributed by atoms with Crippen LogP contribution in [0, 0.1) is 12.3 Å². The molecule has 0 saturated heterocycles. The Labute approximate surface area is 128 Å². The quantitative estimate of drug-likeness (QED) is 0.731. The molecule has 21 heavy (non-hydrogen) atoms. The maximum atomic E-state index is 4.34. The summed E-state index contributed by atoms with van der Waals surface area (Å²) in [4.78, 5) is 0. The summed E-state index contributed by atoms with van der Waals surface area (Å²) in [7, 11) is 0. The number of aryl methyl sites for hydroxylation is 1. The first-order valence-corrected chi connectivity index (χ1v) is 7.99. The molecule has 1 N–H and O–H groups in total. The summed E-state index contributed by atoms with van der Waals surface area (Å²) in [5.74, 6) is 0.903. The van der Waals surface area contributed by atoms with E-state index >= 15 is 0 Å². The Kier molecular flexibility index (Phi) is 5.16. The van der Waals surface area contributed by atoms with Crippen molar-refractivity contribution in [2.45, 2.75) is 53.4 Å². The minimum absolute atomic E-state index is 0.281. The Morgan fingerprint density at radius 1 is 1.05 bits per heavy atom. The van der Waals surface area contributed by atoms with Crippen molar-refractivity contribution in [2.75, 3.05) is 11.9 Å². The van der Waals surface area contributed by atoms with Gasteiger partial charge in [0, 0.05) is 17.3 Å². The first-order valence-electron chi connectivity index (χ1n) is 7.99. The number of fused-ring (bicyclic) bond motifs is 1. The third kappa shape index (κ3) is 4.16. The minimum atomic E-state index is 0.281. The number of aromatic nitrogens is 2. The largest absolute Gasteiger partial charge is 0.368 e. The van der Waals surface area contributed by atoms with E-state index in [2.05, 4.69) is 60.6 Å². The van der Waals surface area contributed by atoms with Crippen molar-refractivity contribution in [1.29, 1.82) is 0 Å². The fraction of sp³-hybridized carbons (Fsp3) is 0.556. The van der Waals surface area contributed by atoms with E-state index in [-0.39, 0.29) is 5.41 Å². The van der Waals surface area contributed by atoms with Gasteiger partial charge in [-0.25, -0.2) is 0 Å². The summed E-state index contributed by atoms with van der Waals surface area (Å²) in [6, 6.07) is 8.33. The van der Waals surface area contributed by atoms with E-state index in [1.54, 1.807) is 0 Å². The molecule has 0 aliphatic carbocycles. The Bertz CT molecular complexity index is 590. The molecule has 0 spiro atoms. The highest BCUT2D eigenvalue weighted by atomic mass is 15.2. The number of nitrogens with one attached hydrogen (secondary N) is 1. The number of nitrogens with zero attached hydrogens (tertiary/aromatic N) is 2. The van der Waals surface area contributed by atoms with Crippen molar-refractivity contribution in [3.63, 3.8) is 0 Å². The highest BCUT2D eigenvalue weighted by molar-refractivity contribution is 5.92. The second-order valence-corrected chi connectivity index (χ2v) is 6.65. The van der Waals surface area contributed by atoms with Gasteiger partial charge >= 0.3 is 0 Å². The van der Waals surface area contributed by atoms with E-state index in [9.17, 15) is 0 Å². The zero-order chi connectivity index (χ0) is 15.3. The van der Waals surface area contributed by atoms with Crippen LogP contribution in [-0.4, -0.2) is 16.7 Å². The van der Waals surface area contributed by atoms with Crippen LogP contribution in [0.4, 0.5) is 5.82 Å². The van der Waals surface area contributed by atoms with Crippen LogP contribution < -0.4 is 5.32 Å². The predicted molar refractivity (Wildman–Crippen MR) is 90.7 cm³/mol. The van der Waals surface area contributed by atoms with Crippen LogP contribution >= 0.6 is 0 Å². The van der Waals surface area contributed by atoms with Crippen LogP contribution in [0.5, 0.6) is 0 Å². The van der Waals surface area contributed by atoms with E-state index in [0.717, 1.165) is 23.4 Å². The lowest BCUT2D eigenvalue weighted by atomic mass is 9.87. The van der Waals surface area contributed by atoms with Crippen molar-refractivity contribution in [3.8, 4) is 0 Å². The lowest BCUT2D eigenvalue weighted by molar-refractivity contribution is 0.342. The standard InChI is InChI=1S/C18H27N3/c1-5-6-9-12-18(3,4)13-19-17-16-11-8-7-10-15(16)14(2)20-21-17/h7-8,10-11H,5-6,9,12-13H2,1-4H3,(H,19,21). The van der Waals surface area contributed by atoms with Gasteiger partial charge in [0.1, 0.15) is 0 Å². The summed E-state index contributed by atoms with van der Waals surface area (Å²) in [6.45, 7) is 9.82. The first kappa shape index (κ1) is 15.7. The molecular weight excluding hydrogens is 258 g/mol. The molecule has 1 aromatic heterocycles. The molecule has 0 fully saturated rings. The summed E-state index contributed by atoms with van der Waals surface area (Å²) < 4.78 is 0. The Balaban J connectivity index is 2.08. The lowest BCUT2D eigenvalue weighted by Gasteiger charge is -2.25. The zero-order valence-corrected chi connectivity index (χ0v) is 13.7. The smallest absolute Gasteiger partial charge is 0.156 e. The molecular formula is C18H27N3. The summed E-state index contributed by atoms with van der Waals surface area (Å²) >= 11 is 0. The molecule has 0 amide bonds. The summed E-state index contributed by atoms with van der Waals surface area (Å²) in [6.07, 6.45) is 5.13. The topological polar surface area (TPSA) is 37.8 Å². The van der Waals surface area contributed by atoms with Gasteiger partial charge in [0.15, 0.2) is 5.82 Å². The van der Waals surface area contributed by atoms with Crippen molar-refractivity contribution < 1.29 is 0 Å². The van der Waals surface area contributed by atoms with E-state index < -0.39 is 0 Å². The van der Waals surface area contributed by atoms with Gasteiger partial charge in [0.25, 0.3) is 0 Å². The van der Waals surface area contributed by atoms with Crippen LogP contribution in [0.2, 0.25) is 0 Å². The molecule has 1 aromatic carbocycles. The average molecular weight is 285 g/mol. The fourth-order valence-electron chi connectivity index (χ4n) is 2.63. The number of hydrogen-bond donors (Lipinski definition) is 1. The van der Waals surface area contributed by atoms with Gasteiger partial charge in [-0.15, -0.1) is 5.10 Å². The molecule has 114 valence electrons. The number of benzene rings is 1.